The maximum absolute atomic E-state index is 5.44. The third-order valence-electron chi connectivity index (χ3n) is 9.38. The molecule has 4 nitrogen and oxygen atoms in total. The van der Waals surface area contributed by atoms with Gasteiger partial charge in [0.25, 0.3) is 0 Å². The van der Waals surface area contributed by atoms with E-state index < -0.39 is 0 Å². The van der Waals surface area contributed by atoms with Gasteiger partial charge in [-0.15, -0.1) is 0 Å². The SMILES string of the molecule is c1ccc(-c2nc(-n3c4ccccc4c4c5c(ccc43)-c3ccccc3C5)nc3c4ccccc4c(-c4ccccc4)n23)cc1. The highest BCUT2D eigenvalue weighted by Gasteiger charge is 2.26. The lowest BCUT2D eigenvalue weighted by molar-refractivity contribution is 0.952. The molecule has 4 heteroatoms. The van der Waals surface area contributed by atoms with E-state index in [4.69, 9.17) is 9.97 Å². The molecular weight excluding hydrogens is 548 g/mol. The second-order valence-electron chi connectivity index (χ2n) is 11.8. The number of rotatable bonds is 3. The van der Waals surface area contributed by atoms with Gasteiger partial charge in [-0.3, -0.25) is 8.97 Å². The molecule has 0 saturated heterocycles. The van der Waals surface area contributed by atoms with Crippen molar-refractivity contribution < 1.29 is 0 Å². The molecular formula is C41H26N4. The normalized spacial score (nSPS) is 12.4. The highest BCUT2D eigenvalue weighted by molar-refractivity contribution is 6.13. The van der Waals surface area contributed by atoms with E-state index in [9.17, 15) is 0 Å². The summed E-state index contributed by atoms with van der Waals surface area (Å²) >= 11 is 0. The molecule has 0 atom stereocenters. The fourth-order valence-electron chi connectivity index (χ4n) is 7.49. The fraction of sp³-hybridized carbons (Fsp3) is 0.0244. The first-order chi connectivity index (χ1) is 22.3. The summed E-state index contributed by atoms with van der Waals surface area (Å²) in [5.74, 6) is 1.54. The number of hydrogen-bond acceptors (Lipinski definition) is 2. The molecule has 0 fully saturated rings. The Morgan fingerprint density at radius 2 is 1.16 bits per heavy atom. The second-order valence-corrected chi connectivity index (χ2v) is 11.8. The first-order valence-electron chi connectivity index (χ1n) is 15.4. The summed E-state index contributed by atoms with van der Waals surface area (Å²) in [6.45, 7) is 0. The third-order valence-corrected chi connectivity index (χ3v) is 9.38. The predicted molar refractivity (Wildman–Crippen MR) is 184 cm³/mol. The van der Waals surface area contributed by atoms with Crippen molar-refractivity contribution in [3.8, 4) is 39.7 Å². The Morgan fingerprint density at radius 1 is 0.489 bits per heavy atom. The number of fused-ring (bicyclic) bond motifs is 10. The van der Waals surface area contributed by atoms with Crippen LogP contribution in [0, 0.1) is 0 Å². The van der Waals surface area contributed by atoms with Gasteiger partial charge in [-0.05, 0) is 46.4 Å². The lowest BCUT2D eigenvalue weighted by atomic mass is 10.0. The van der Waals surface area contributed by atoms with Crippen molar-refractivity contribution in [3.05, 3.63) is 157 Å². The minimum Gasteiger partial charge on any atom is -0.278 e. The zero-order chi connectivity index (χ0) is 29.5. The maximum Gasteiger partial charge on any atom is 0.238 e. The summed E-state index contributed by atoms with van der Waals surface area (Å²) in [7, 11) is 0. The Balaban J connectivity index is 1.35. The van der Waals surface area contributed by atoms with Gasteiger partial charge in [-0.25, -0.2) is 0 Å². The van der Waals surface area contributed by atoms with E-state index in [-0.39, 0.29) is 0 Å². The van der Waals surface area contributed by atoms with E-state index in [0.717, 1.165) is 56.5 Å². The van der Waals surface area contributed by atoms with Crippen LogP contribution < -0.4 is 0 Å². The van der Waals surface area contributed by atoms with E-state index in [1.807, 2.05) is 0 Å². The number of aromatic nitrogens is 4. The van der Waals surface area contributed by atoms with Crippen LogP contribution in [0.4, 0.5) is 0 Å². The van der Waals surface area contributed by atoms with Gasteiger partial charge in [-0.2, -0.15) is 9.97 Å². The van der Waals surface area contributed by atoms with Crippen molar-refractivity contribution in [2.24, 2.45) is 0 Å². The molecule has 45 heavy (non-hydrogen) atoms. The molecule has 0 aliphatic heterocycles. The zero-order valence-corrected chi connectivity index (χ0v) is 24.4. The minimum atomic E-state index is 0.672. The van der Waals surface area contributed by atoms with Crippen LogP contribution in [-0.2, 0) is 6.42 Å². The van der Waals surface area contributed by atoms with Crippen LogP contribution in [0.25, 0.3) is 77.9 Å². The van der Waals surface area contributed by atoms with Gasteiger partial charge in [0.2, 0.25) is 5.95 Å². The smallest absolute Gasteiger partial charge is 0.238 e. The molecule has 0 bridgehead atoms. The van der Waals surface area contributed by atoms with Crippen LogP contribution >= 0.6 is 0 Å². The van der Waals surface area contributed by atoms with Crippen LogP contribution in [-0.4, -0.2) is 18.9 Å². The summed E-state index contributed by atoms with van der Waals surface area (Å²) < 4.78 is 4.52. The number of hydrogen-bond donors (Lipinski definition) is 0. The molecule has 0 spiro atoms. The van der Waals surface area contributed by atoms with Gasteiger partial charge in [0, 0.05) is 27.1 Å². The van der Waals surface area contributed by atoms with Crippen LogP contribution in [0.15, 0.2) is 146 Å². The second kappa shape index (κ2) is 9.25. The standard InChI is InChI=1S/C41H26N4/c1-3-13-26(14-4-1)38-31-19-9-10-20-32(31)40-43-41(42-39(45(38)40)27-15-5-2-6-16-27)44-35-22-12-11-21-33(35)37-34-25-28-17-7-8-18-29(28)30(34)23-24-36(37)44/h1-24H,25H2. The van der Waals surface area contributed by atoms with Crippen molar-refractivity contribution in [1.82, 2.24) is 18.9 Å². The summed E-state index contributed by atoms with van der Waals surface area (Å²) in [6, 6.07) is 51.7. The summed E-state index contributed by atoms with van der Waals surface area (Å²) in [6.07, 6.45) is 0.926. The van der Waals surface area contributed by atoms with E-state index in [0.29, 0.717) is 5.95 Å². The molecule has 0 N–H and O–H groups in total. The van der Waals surface area contributed by atoms with Crippen molar-refractivity contribution in [1.29, 1.82) is 0 Å². The molecule has 0 radical (unpaired) electrons. The topological polar surface area (TPSA) is 35.1 Å². The molecule has 9 aromatic rings. The number of para-hydroxylation sites is 1. The van der Waals surface area contributed by atoms with E-state index in [2.05, 4.69) is 155 Å². The third kappa shape index (κ3) is 3.42. The first-order valence-corrected chi connectivity index (χ1v) is 15.4. The van der Waals surface area contributed by atoms with Gasteiger partial charge >= 0.3 is 0 Å². The molecule has 10 rings (SSSR count). The van der Waals surface area contributed by atoms with Crippen molar-refractivity contribution in [2.45, 2.75) is 6.42 Å². The Kier molecular flexibility index (Phi) is 5.02. The van der Waals surface area contributed by atoms with Gasteiger partial charge < -0.3 is 0 Å². The molecule has 1 aliphatic rings. The van der Waals surface area contributed by atoms with Crippen molar-refractivity contribution >= 4 is 38.2 Å². The van der Waals surface area contributed by atoms with Gasteiger partial charge in [0.1, 0.15) is 5.82 Å². The highest BCUT2D eigenvalue weighted by atomic mass is 15.2. The van der Waals surface area contributed by atoms with Crippen LogP contribution in [0.3, 0.4) is 0 Å². The monoisotopic (exact) mass is 574 g/mol. The number of benzene rings is 6. The molecule has 210 valence electrons. The fourth-order valence-corrected chi connectivity index (χ4v) is 7.49. The average molecular weight is 575 g/mol. The van der Waals surface area contributed by atoms with E-state index in [1.54, 1.807) is 0 Å². The van der Waals surface area contributed by atoms with E-state index >= 15 is 0 Å². The average Bonchev–Trinajstić information content (AvgIpc) is 3.76. The van der Waals surface area contributed by atoms with Gasteiger partial charge in [-0.1, -0.05) is 133 Å². The first kappa shape index (κ1) is 24.4. The van der Waals surface area contributed by atoms with Crippen LogP contribution in [0.1, 0.15) is 11.1 Å². The Morgan fingerprint density at radius 3 is 1.98 bits per heavy atom. The quantitative estimate of drug-likeness (QED) is 0.210. The molecule has 3 heterocycles. The molecule has 0 unspecified atom stereocenters. The predicted octanol–water partition coefficient (Wildman–Crippen LogP) is 9.88. The summed E-state index contributed by atoms with van der Waals surface area (Å²) in [5, 5.41) is 4.78. The maximum atomic E-state index is 5.44. The molecule has 6 aromatic carbocycles. The lowest BCUT2D eigenvalue weighted by Gasteiger charge is -2.13. The minimum absolute atomic E-state index is 0.672. The van der Waals surface area contributed by atoms with Crippen molar-refractivity contribution in [3.63, 3.8) is 0 Å². The van der Waals surface area contributed by atoms with Crippen LogP contribution in [0.2, 0.25) is 0 Å². The van der Waals surface area contributed by atoms with Gasteiger partial charge in [0.05, 0.1) is 16.7 Å². The van der Waals surface area contributed by atoms with Crippen molar-refractivity contribution in [2.75, 3.05) is 0 Å². The Labute approximate surface area is 259 Å². The molecule has 3 aromatic heterocycles. The Bertz CT molecular complexity index is 2610. The summed E-state index contributed by atoms with van der Waals surface area (Å²) in [5.41, 5.74) is 11.8. The van der Waals surface area contributed by atoms with Crippen LogP contribution in [0.5, 0.6) is 0 Å². The largest absolute Gasteiger partial charge is 0.278 e. The molecule has 1 aliphatic carbocycles. The summed E-state index contributed by atoms with van der Waals surface area (Å²) in [4.78, 5) is 10.9. The van der Waals surface area contributed by atoms with E-state index in [1.165, 1.54) is 33.0 Å². The molecule has 0 saturated carbocycles. The molecule has 0 amide bonds. The van der Waals surface area contributed by atoms with Gasteiger partial charge in [0.15, 0.2) is 5.65 Å². The zero-order valence-electron chi connectivity index (χ0n) is 24.4. The highest BCUT2D eigenvalue weighted by Crippen LogP contribution is 2.44. The Hall–Kier alpha value is -6.00. The lowest BCUT2D eigenvalue weighted by Crippen LogP contribution is -2.07. The number of nitrogens with zero attached hydrogens (tertiary/aromatic N) is 4.